The molecular formula is C21H30O3. The zero-order valence-corrected chi connectivity index (χ0v) is 15.1. The highest BCUT2D eigenvalue weighted by molar-refractivity contribution is 6.21. The standard InChI is InChI=1S/C21H30O3/c1-20-9-3-4-14(20)13-5-6-16-19(18(24)12-22)17(23)8-11-21(16,2)15(13)7-10-20/h13-15,22H,3-12H2,1-2H3/t13-,14-,15-,20-,21+/m0/s1. The summed E-state index contributed by atoms with van der Waals surface area (Å²) >= 11 is 0. The molecule has 0 spiro atoms. The molecule has 0 unspecified atom stereocenters. The Morgan fingerprint density at radius 2 is 1.88 bits per heavy atom. The van der Waals surface area contributed by atoms with Crippen LogP contribution in [0.3, 0.4) is 0 Å². The summed E-state index contributed by atoms with van der Waals surface area (Å²) < 4.78 is 0. The summed E-state index contributed by atoms with van der Waals surface area (Å²) in [6.07, 6.45) is 10.1. The molecule has 3 heteroatoms. The first-order valence-corrected chi connectivity index (χ1v) is 9.81. The first kappa shape index (κ1) is 16.5. The van der Waals surface area contributed by atoms with E-state index in [1.54, 1.807) is 0 Å². The monoisotopic (exact) mass is 330 g/mol. The molecule has 0 heterocycles. The van der Waals surface area contributed by atoms with Gasteiger partial charge in [-0.05, 0) is 79.1 Å². The highest BCUT2D eigenvalue weighted by Crippen LogP contribution is 2.65. The van der Waals surface area contributed by atoms with Crippen molar-refractivity contribution in [2.24, 2.45) is 28.6 Å². The summed E-state index contributed by atoms with van der Waals surface area (Å²) in [7, 11) is 0. The predicted molar refractivity (Wildman–Crippen MR) is 92.4 cm³/mol. The van der Waals surface area contributed by atoms with Crippen molar-refractivity contribution in [3.05, 3.63) is 11.1 Å². The third-order valence-corrected chi connectivity index (χ3v) is 8.33. The molecule has 0 aromatic rings. The van der Waals surface area contributed by atoms with E-state index in [1.807, 2.05) is 0 Å². The molecule has 0 aliphatic heterocycles. The van der Waals surface area contributed by atoms with E-state index >= 15 is 0 Å². The second-order valence-electron chi connectivity index (χ2n) is 9.28. The zero-order valence-electron chi connectivity index (χ0n) is 15.1. The van der Waals surface area contributed by atoms with Crippen molar-refractivity contribution in [3.8, 4) is 0 Å². The number of carbonyl (C=O) groups excluding carboxylic acids is 2. The number of aliphatic hydroxyl groups excluding tert-OH is 1. The molecule has 1 N–H and O–H groups in total. The van der Waals surface area contributed by atoms with Gasteiger partial charge in [-0.3, -0.25) is 9.59 Å². The minimum atomic E-state index is -0.532. The quantitative estimate of drug-likeness (QED) is 0.783. The lowest BCUT2D eigenvalue weighted by Gasteiger charge is -2.57. The van der Waals surface area contributed by atoms with Gasteiger partial charge in [0, 0.05) is 6.42 Å². The van der Waals surface area contributed by atoms with Crippen LogP contribution in [0.1, 0.15) is 71.6 Å². The molecule has 0 saturated heterocycles. The summed E-state index contributed by atoms with van der Waals surface area (Å²) in [5.74, 6) is 1.84. The van der Waals surface area contributed by atoms with Crippen LogP contribution in [0.25, 0.3) is 0 Å². The molecule has 0 bridgehead atoms. The third-order valence-electron chi connectivity index (χ3n) is 8.33. The average molecular weight is 330 g/mol. The Labute approximate surface area is 144 Å². The Morgan fingerprint density at radius 3 is 2.62 bits per heavy atom. The van der Waals surface area contributed by atoms with Gasteiger partial charge in [-0.2, -0.15) is 0 Å². The number of aliphatic hydroxyl groups is 1. The Morgan fingerprint density at radius 1 is 1.08 bits per heavy atom. The van der Waals surface area contributed by atoms with Crippen molar-refractivity contribution in [3.63, 3.8) is 0 Å². The van der Waals surface area contributed by atoms with Gasteiger partial charge in [-0.1, -0.05) is 20.3 Å². The SMILES string of the molecule is C[C@@]12CCC[C@H]1[C@@H]1CCC3=C(C(=O)CO)C(=O)CC[C@]3(C)[C@H]1CC2. The largest absolute Gasteiger partial charge is 0.388 e. The Bertz CT molecular complexity index is 619. The molecule has 0 radical (unpaired) electrons. The van der Waals surface area contributed by atoms with E-state index in [0.29, 0.717) is 23.3 Å². The van der Waals surface area contributed by atoms with E-state index in [1.165, 1.54) is 32.1 Å². The molecule has 3 saturated carbocycles. The summed E-state index contributed by atoms with van der Waals surface area (Å²) in [6, 6.07) is 0. The van der Waals surface area contributed by atoms with E-state index in [4.69, 9.17) is 0 Å². The topological polar surface area (TPSA) is 54.4 Å². The number of fused-ring (bicyclic) bond motifs is 5. The molecule has 0 aromatic carbocycles. The molecule has 3 nitrogen and oxygen atoms in total. The van der Waals surface area contributed by atoms with E-state index < -0.39 is 6.61 Å². The molecule has 0 amide bonds. The molecule has 5 atom stereocenters. The van der Waals surface area contributed by atoms with Gasteiger partial charge in [0.25, 0.3) is 0 Å². The molecule has 4 aliphatic rings. The lowest BCUT2D eigenvalue weighted by Crippen LogP contribution is -2.50. The van der Waals surface area contributed by atoms with E-state index in [-0.39, 0.29) is 17.0 Å². The minimum Gasteiger partial charge on any atom is -0.388 e. The second-order valence-corrected chi connectivity index (χ2v) is 9.28. The van der Waals surface area contributed by atoms with Gasteiger partial charge in [-0.15, -0.1) is 0 Å². The van der Waals surface area contributed by atoms with Crippen molar-refractivity contribution >= 4 is 11.6 Å². The number of Topliss-reactive ketones (excluding diaryl/α,β-unsaturated/α-hetero) is 2. The normalized spacial score (nSPS) is 44.8. The molecule has 3 fully saturated rings. The van der Waals surface area contributed by atoms with E-state index in [0.717, 1.165) is 36.7 Å². The number of ketones is 2. The van der Waals surface area contributed by atoms with Gasteiger partial charge in [0.1, 0.15) is 6.61 Å². The first-order chi connectivity index (χ1) is 11.4. The maximum Gasteiger partial charge on any atom is 0.191 e. The number of rotatable bonds is 2. The number of hydrogen-bond donors (Lipinski definition) is 1. The Balaban J connectivity index is 1.75. The van der Waals surface area contributed by atoms with Crippen LogP contribution in [0.2, 0.25) is 0 Å². The summed E-state index contributed by atoms with van der Waals surface area (Å²) in [5, 5.41) is 9.33. The highest BCUT2D eigenvalue weighted by Gasteiger charge is 2.57. The van der Waals surface area contributed by atoms with E-state index in [2.05, 4.69) is 13.8 Å². The van der Waals surface area contributed by atoms with Crippen LogP contribution in [-0.2, 0) is 9.59 Å². The third kappa shape index (κ3) is 2.13. The summed E-state index contributed by atoms with van der Waals surface area (Å²) in [5.41, 5.74) is 2.01. The Hall–Kier alpha value is -0.960. The van der Waals surface area contributed by atoms with Crippen molar-refractivity contribution in [2.45, 2.75) is 71.6 Å². The number of allylic oxidation sites excluding steroid dienone is 1. The average Bonchev–Trinajstić information content (AvgIpc) is 2.96. The smallest absolute Gasteiger partial charge is 0.191 e. The molecule has 0 aromatic heterocycles. The Kier molecular flexibility index (Phi) is 3.80. The molecule has 4 rings (SSSR count). The van der Waals surface area contributed by atoms with Crippen molar-refractivity contribution < 1.29 is 14.7 Å². The summed E-state index contributed by atoms with van der Waals surface area (Å²) in [6.45, 7) is 4.28. The van der Waals surface area contributed by atoms with Crippen LogP contribution < -0.4 is 0 Å². The van der Waals surface area contributed by atoms with Crippen LogP contribution in [0.5, 0.6) is 0 Å². The van der Waals surface area contributed by atoms with Gasteiger partial charge in [0.2, 0.25) is 0 Å². The fourth-order valence-corrected chi connectivity index (χ4v) is 7.11. The van der Waals surface area contributed by atoms with Gasteiger partial charge in [0.05, 0.1) is 5.57 Å². The number of hydrogen-bond acceptors (Lipinski definition) is 3. The molecule has 132 valence electrons. The molecule has 24 heavy (non-hydrogen) atoms. The van der Waals surface area contributed by atoms with Crippen LogP contribution >= 0.6 is 0 Å². The molecule has 4 aliphatic carbocycles. The van der Waals surface area contributed by atoms with Gasteiger partial charge >= 0.3 is 0 Å². The van der Waals surface area contributed by atoms with E-state index in [9.17, 15) is 14.7 Å². The summed E-state index contributed by atoms with van der Waals surface area (Å²) in [4.78, 5) is 24.6. The van der Waals surface area contributed by atoms with Crippen molar-refractivity contribution in [1.82, 2.24) is 0 Å². The van der Waals surface area contributed by atoms with Crippen LogP contribution in [0, 0.1) is 28.6 Å². The van der Waals surface area contributed by atoms with Gasteiger partial charge < -0.3 is 5.11 Å². The van der Waals surface area contributed by atoms with Gasteiger partial charge in [-0.25, -0.2) is 0 Å². The predicted octanol–water partition coefficient (Wildman–Crippen LogP) is 3.84. The van der Waals surface area contributed by atoms with Crippen LogP contribution in [-0.4, -0.2) is 23.3 Å². The van der Waals surface area contributed by atoms with Crippen LogP contribution in [0.15, 0.2) is 11.1 Å². The first-order valence-electron chi connectivity index (χ1n) is 9.81. The fourth-order valence-electron chi connectivity index (χ4n) is 7.11. The highest BCUT2D eigenvalue weighted by atomic mass is 16.3. The minimum absolute atomic E-state index is 0.000903. The maximum absolute atomic E-state index is 12.4. The van der Waals surface area contributed by atoms with Crippen LogP contribution in [0.4, 0.5) is 0 Å². The van der Waals surface area contributed by atoms with Gasteiger partial charge in [0.15, 0.2) is 11.6 Å². The lowest BCUT2D eigenvalue weighted by atomic mass is 9.47. The lowest BCUT2D eigenvalue weighted by molar-refractivity contribution is -0.125. The second kappa shape index (κ2) is 5.52. The fraction of sp³-hybridized carbons (Fsp3) is 0.810. The van der Waals surface area contributed by atoms with Crippen molar-refractivity contribution in [2.75, 3.05) is 6.61 Å². The zero-order chi connectivity index (χ0) is 17.1. The molecular weight excluding hydrogens is 300 g/mol. The maximum atomic E-state index is 12.4. The number of carbonyl (C=O) groups is 2. The van der Waals surface area contributed by atoms with Crippen molar-refractivity contribution in [1.29, 1.82) is 0 Å².